The van der Waals surface area contributed by atoms with Crippen molar-refractivity contribution < 1.29 is 14.4 Å². The highest BCUT2D eigenvalue weighted by Crippen LogP contribution is 2.33. The maximum atomic E-state index is 12.5. The minimum Gasteiger partial charge on any atom is -0.295 e. The second-order valence-corrected chi connectivity index (χ2v) is 5.57. The molecule has 0 saturated heterocycles. The highest BCUT2D eigenvalue weighted by Gasteiger charge is 2.38. The van der Waals surface area contributed by atoms with Gasteiger partial charge in [-0.15, -0.1) is 0 Å². The van der Waals surface area contributed by atoms with Crippen LogP contribution in [-0.4, -0.2) is 17.6 Å². The van der Waals surface area contributed by atoms with E-state index in [-0.39, 0.29) is 17.6 Å². The van der Waals surface area contributed by atoms with Crippen molar-refractivity contribution in [3.8, 4) is 0 Å². The van der Waals surface area contributed by atoms with Crippen LogP contribution >= 0.6 is 15.9 Å². The van der Waals surface area contributed by atoms with Crippen LogP contribution in [-0.2, 0) is 0 Å². The van der Waals surface area contributed by atoms with Gasteiger partial charge in [-0.25, -0.2) is 4.90 Å². The first kappa shape index (κ1) is 13.7. The lowest BCUT2D eigenvalue weighted by molar-refractivity contribution is 0.0923. The Kier molecular flexibility index (Phi) is 3.22. The van der Waals surface area contributed by atoms with Crippen molar-refractivity contribution in [2.75, 3.05) is 4.90 Å². The fraction of sp³-hybridized carbons (Fsp3) is 0.0625. The van der Waals surface area contributed by atoms with Gasteiger partial charge in [0.05, 0.1) is 16.8 Å². The number of ketones is 1. The lowest BCUT2D eigenvalue weighted by Gasteiger charge is -2.14. The molecule has 5 heteroatoms. The second-order valence-electron chi connectivity index (χ2n) is 4.71. The van der Waals surface area contributed by atoms with Gasteiger partial charge in [-0.3, -0.25) is 14.4 Å². The van der Waals surface area contributed by atoms with Crippen LogP contribution in [0.2, 0.25) is 0 Å². The zero-order valence-corrected chi connectivity index (χ0v) is 12.7. The number of hydrogen-bond donors (Lipinski definition) is 0. The first-order valence-electron chi connectivity index (χ1n) is 6.29. The molecule has 1 heterocycles. The smallest absolute Gasteiger partial charge is 0.267 e. The van der Waals surface area contributed by atoms with E-state index in [1.165, 1.54) is 6.92 Å². The van der Waals surface area contributed by atoms with Crippen LogP contribution in [0.25, 0.3) is 0 Å². The molecule has 0 aliphatic carbocycles. The Morgan fingerprint density at radius 3 is 2.43 bits per heavy atom. The Bertz CT molecular complexity index is 798. The molecular formula is C16H10BrNO3. The van der Waals surface area contributed by atoms with Gasteiger partial charge < -0.3 is 0 Å². The Hall–Kier alpha value is -2.27. The average molecular weight is 344 g/mol. The molecule has 0 saturated carbocycles. The minimum atomic E-state index is -0.386. The molecule has 1 aliphatic rings. The van der Waals surface area contributed by atoms with Crippen molar-refractivity contribution in [2.45, 2.75) is 6.92 Å². The molecule has 21 heavy (non-hydrogen) atoms. The summed E-state index contributed by atoms with van der Waals surface area (Å²) in [7, 11) is 0. The number of halogens is 1. The third-order valence-corrected chi connectivity index (χ3v) is 4.04. The molecule has 4 nitrogen and oxygen atoms in total. The van der Waals surface area contributed by atoms with Gasteiger partial charge >= 0.3 is 0 Å². The molecule has 3 rings (SSSR count). The largest absolute Gasteiger partial charge is 0.295 e. The number of Topliss-reactive ketones (excluding diaryl/α,β-unsaturated/α-hetero) is 1. The number of amides is 2. The van der Waals surface area contributed by atoms with Gasteiger partial charge in [-0.2, -0.15) is 0 Å². The van der Waals surface area contributed by atoms with Crippen LogP contribution in [0, 0.1) is 0 Å². The predicted molar refractivity (Wildman–Crippen MR) is 81.7 cm³/mol. The van der Waals surface area contributed by atoms with Crippen molar-refractivity contribution in [1.82, 2.24) is 0 Å². The summed E-state index contributed by atoms with van der Waals surface area (Å²) < 4.78 is 0.587. The fourth-order valence-electron chi connectivity index (χ4n) is 2.34. The third kappa shape index (κ3) is 2.10. The summed E-state index contributed by atoms with van der Waals surface area (Å²) in [6, 6.07) is 11.6. The van der Waals surface area contributed by atoms with Crippen molar-refractivity contribution in [3.63, 3.8) is 0 Å². The van der Waals surface area contributed by atoms with Crippen LogP contribution in [0.5, 0.6) is 0 Å². The van der Waals surface area contributed by atoms with E-state index in [9.17, 15) is 14.4 Å². The minimum absolute atomic E-state index is 0.116. The molecule has 0 radical (unpaired) electrons. The number of carbonyl (C=O) groups is 3. The van der Waals surface area contributed by atoms with E-state index in [1.54, 1.807) is 42.5 Å². The molecule has 0 fully saturated rings. The van der Waals surface area contributed by atoms with E-state index in [1.807, 2.05) is 0 Å². The molecule has 2 aromatic carbocycles. The van der Waals surface area contributed by atoms with E-state index < -0.39 is 0 Å². The van der Waals surface area contributed by atoms with Crippen molar-refractivity contribution in [1.29, 1.82) is 0 Å². The summed E-state index contributed by atoms with van der Waals surface area (Å²) in [5.74, 6) is -0.880. The standard InChI is InChI=1S/C16H10BrNO3/c1-9(19)10-4-2-5-11(8-10)18-15(20)12-6-3-7-13(17)14(12)16(18)21/h2-8H,1H3. The van der Waals surface area contributed by atoms with E-state index in [0.29, 0.717) is 26.9 Å². The summed E-state index contributed by atoms with van der Waals surface area (Å²) in [5, 5.41) is 0. The van der Waals surface area contributed by atoms with Gasteiger partial charge in [0, 0.05) is 10.0 Å². The maximum Gasteiger partial charge on any atom is 0.267 e. The Morgan fingerprint density at radius 2 is 1.76 bits per heavy atom. The van der Waals surface area contributed by atoms with Crippen LogP contribution < -0.4 is 4.90 Å². The third-order valence-electron chi connectivity index (χ3n) is 3.37. The topological polar surface area (TPSA) is 54.5 Å². The molecule has 0 unspecified atom stereocenters. The lowest BCUT2D eigenvalue weighted by Crippen LogP contribution is -2.29. The lowest BCUT2D eigenvalue weighted by atomic mass is 10.1. The molecule has 2 amide bonds. The maximum absolute atomic E-state index is 12.5. The van der Waals surface area contributed by atoms with Crippen LogP contribution in [0.15, 0.2) is 46.9 Å². The van der Waals surface area contributed by atoms with Crippen molar-refractivity contribution in [2.24, 2.45) is 0 Å². The van der Waals surface area contributed by atoms with Gasteiger partial charge in [-0.05, 0) is 47.1 Å². The molecule has 104 valence electrons. The highest BCUT2D eigenvalue weighted by molar-refractivity contribution is 9.10. The number of benzene rings is 2. The molecule has 0 atom stereocenters. The van der Waals surface area contributed by atoms with E-state index >= 15 is 0 Å². The number of nitrogens with zero attached hydrogens (tertiary/aromatic N) is 1. The second kappa shape index (κ2) is 4.93. The monoisotopic (exact) mass is 343 g/mol. The van der Waals surface area contributed by atoms with Gasteiger partial charge in [-0.1, -0.05) is 18.2 Å². The fourth-order valence-corrected chi connectivity index (χ4v) is 2.88. The Labute approximate surface area is 129 Å². The molecule has 1 aliphatic heterocycles. The van der Waals surface area contributed by atoms with Gasteiger partial charge in [0.25, 0.3) is 11.8 Å². The van der Waals surface area contributed by atoms with Crippen LogP contribution in [0.4, 0.5) is 5.69 Å². The van der Waals surface area contributed by atoms with Crippen LogP contribution in [0.1, 0.15) is 38.0 Å². The Morgan fingerprint density at radius 1 is 1.05 bits per heavy atom. The van der Waals surface area contributed by atoms with Crippen LogP contribution in [0.3, 0.4) is 0 Å². The number of rotatable bonds is 2. The summed E-state index contributed by atoms with van der Waals surface area (Å²) >= 11 is 3.30. The number of fused-ring (bicyclic) bond motifs is 1. The summed E-state index contributed by atoms with van der Waals surface area (Å²) in [6.45, 7) is 1.44. The zero-order chi connectivity index (χ0) is 15.1. The summed E-state index contributed by atoms with van der Waals surface area (Å²) in [4.78, 5) is 37.5. The molecule has 0 aromatic heterocycles. The van der Waals surface area contributed by atoms with E-state index in [4.69, 9.17) is 0 Å². The molecule has 0 bridgehead atoms. The number of carbonyl (C=O) groups excluding carboxylic acids is 3. The average Bonchev–Trinajstić information content (AvgIpc) is 2.72. The molecule has 2 aromatic rings. The quantitative estimate of drug-likeness (QED) is 0.619. The summed E-state index contributed by atoms with van der Waals surface area (Å²) in [5.41, 5.74) is 1.59. The zero-order valence-electron chi connectivity index (χ0n) is 11.1. The molecular weight excluding hydrogens is 334 g/mol. The predicted octanol–water partition coefficient (Wildman–Crippen LogP) is 3.45. The first-order chi connectivity index (χ1) is 10.0. The van der Waals surface area contributed by atoms with E-state index in [2.05, 4.69) is 15.9 Å². The SMILES string of the molecule is CC(=O)c1cccc(N2C(=O)c3cccc(Br)c3C2=O)c1. The van der Waals surface area contributed by atoms with Gasteiger partial charge in [0.1, 0.15) is 0 Å². The first-order valence-corrected chi connectivity index (χ1v) is 7.08. The number of hydrogen-bond acceptors (Lipinski definition) is 3. The van der Waals surface area contributed by atoms with Gasteiger partial charge in [0.15, 0.2) is 5.78 Å². The van der Waals surface area contributed by atoms with Crippen molar-refractivity contribution in [3.05, 3.63) is 63.6 Å². The number of anilines is 1. The van der Waals surface area contributed by atoms with Crippen molar-refractivity contribution >= 4 is 39.2 Å². The molecule has 0 spiro atoms. The normalized spacial score (nSPS) is 13.5. The highest BCUT2D eigenvalue weighted by atomic mass is 79.9. The van der Waals surface area contributed by atoms with E-state index in [0.717, 1.165) is 4.90 Å². The Balaban J connectivity index is 2.12. The van der Waals surface area contributed by atoms with Gasteiger partial charge in [0.2, 0.25) is 0 Å². The summed E-state index contributed by atoms with van der Waals surface area (Å²) in [6.07, 6.45) is 0. The number of imide groups is 1. The molecule has 0 N–H and O–H groups in total.